The standard InChI is InChI=1S/C15H24N2O3/c1-12(13-4-6-14(20-2)7-5-13)8-10-17-15(19)16-9-3-11-18/h4-7,12,18H,3,8-11H2,1-2H3,(H2,16,17,19). The predicted molar refractivity (Wildman–Crippen MR) is 79.1 cm³/mol. The Bertz CT molecular complexity index is 393. The van der Waals surface area contributed by atoms with Crippen LogP contribution in [-0.2, 0) is 0 Å². The summed E-state index contributed by atoms with van der Waals surface area (Å²) in [5.74, 6) is 1.22. The first-order chi connectivity index (χ1) is 9.67. The molecule has 0 bridgehead atoms. The molecule has 112 valence electrons. The van der Waals surface area contributed by atoms with E-state index >= 15 is 0 Å². The van der Waals surface area contributed by atoms with Crippen molar-refractivity contribution in [2.75, 3.05) is 26.8 Å². The van der Waals surface area contributed by atoms with Crippen molar-refractivity contribution in [3.63, 3.8) is 0 Å². The third-order valence-corrected chi connectivity index (χ3v) is 3.17. The van der Waals surface area contributed by atoms with Gasteiger partial charge in [-0.1, -0.05) is 19.1 Å². The molecule has 1 unspecified atom stereocenters. The van der Waals surface area contributed by atoms with Gasteiger partial charge < -0.3 is 20.5 Å². The topological polar surface area (TPSA) is 70.6 Å². The summed E-state index contributed by atoms with van der Waals surface area (Å²) < 4.78 is 5.13. The highest BCUT2D eigenvalue weighted by Crippen LogP contribution is 2.21. The molecule has 0 radical (unpaired) electrons. The van der Waals surface area contributed by atoms with Crippen molar-refractivity contribution in [2.45, 2.75) is 25.7 Å². The molecular formula is C15H24N2O3. The summed E-state index contributed by atoms with van der Waals surface area (Å²) in [6.07, 6.45) is 1.45. The maximum Gasteiger partial charge on any atom is 0.314 e. The third-order valence-electron chi connectivity index (χ3n) is 3.17. The summed E-state index contributed by atoms with van der Waals surface area (Å²) in [6.45, 7) is 3.34. The lowest BCUT2D eigenvalue weighted by atomic mass is 9.98. The summed E-state index contributed by atoms with van der Waals surface area (Å²) in [6, 6.07) is 7.80. The maximum absolute atomic E-state index is 11.4. The second-order valence-electron chi connectivity index (χ2n) is 4.72. The number of hydrogen-bond donors (Lipinski definition) is 3. The first-order valence-corrected chi connectivity index (χ1v) is 6.94. The summed E-state index contributed by atoms with van der Waals surface area (Å²) in [5, 5.41) is 14.1. The molecule has 0 aliphatic heterocycles. The van der Waals surface area contributed by atoms with Gasteiger partial charge in [-0.2, -0.15) is 0 Å². The average Bonchev–Trinajstić information content (AvgIpc) is 2.47. The number of rotatable bonds is 8. The Morgan fingerprint density at radius 1 is 1.25 bits per heavy atom. The molecule has 3 N–H and O–H groups in total. The lowest BCUT2D eigenvalue weighted by Gasteiger charge is -2.13. The van der Waals surface area contributed by atoms with E-state index in [1.54, 1.807) is 7.11 Å². The van der Waals surface area contributed by atoms with Crippen LogP contribution < -0.4 is 15.4 Å². The van der Waals surface area contributed by atoms with Crippen LogP contribution in [0.1, 0.15) is 31.2 Å². The second-order valence-corrected chi connectivity index (χ2v) is 4.72. The quantitative estimate of drug-likeness (QED) is 0.637. The van der Waals surface area contributed by atoms with Crippen LogP contribution in [0.5, 0.6) is 5.75 Å². The van der Waals surface area contributed by atoms with E-state index in [-0.39, 0.29) is 12.6 Å². The van der Waals surface area contributed by atoms with Crippen LogP contribution in [0.25, 0.3) is 0 Å². The molecule has 2 amide bonds. The zero-order chi connectivity index (χ0) is 14.8. The molecule has 1 atom stereocenters. The van der Waals surface area contributed by atoms with Crippen LogP contribution in [0, 0.1) is 0 Å². The molecule has 0 heterocycles. The fourth-order valence-electron chi connectivity index (χ4n) is 1.84. The largest absolute Gasteiger partial charge is 0.497 e. The van der Waals surface area contributed by atoms with Crippen LogP contribution in [-0.4, -0.2) is 37.9 Å². The Hall–Kier alpha value is -1.75. The van der Waals surface area contributed by atoms with Crippen molar-refractivity contribution in [1.29, 1.82) is 0 Å². The van der Waals surface area contributed by atoms with Gasteiger partial charge in [-0.3, -0.25) is 0 Å². The molecule has 1 aromatic carbocycles. The Morgan fingerprint density at radius 2 is 1.90 bits per heavy atom. The molecule has 0 aliphatic carbocycles. The molecule has 5 heteroatoms. The van der Waals surface area contributed by atoms with E-state index in [4.69, 9.17) is 9.84 Å². The monoisotopic (exact) mass is 280 g/mol. The molecule has 0 saturated heterocycles. The number of aliphatic hydroxyl groups excluding tert-OH is 1. The van der Waals surface area contributed by atoms with Crippen molar-refractivity contribution < 1.29 is 14.6 Å². The van der Waals surface area contributed by atoms with Crippen LogP contribution >= 0.6 is 0 Å². The molecule has 20 heavy (non-hydrogen) atoms. The van der Waals surface area contributed by atoms with Gasteiger partial charge in [0.05, 0.1) is 7.11 Å². The number of methoxy groups -OCH3 is 1. The van der Waals surface area contributed by atoms with E-state index in [0.717, 1.165) is 12.2 Å². The molecular weight excluding hydrogens is 256 g/mol. The fraction of sp³-hybridized carbons (Fsp3) is 0.533. The van der Waals surface area contributed by atoms with Crippen molar-refractivity contribution in [3.8, 4) is 5.75 Å². The predicted octanol–water partition coefficient (Wildman–Crippen LogP) is 1.87. The number of aliphatic hydroxyl groups is 1. The van der Waals surface area contributed by atoms with E-state index in [0.29, 0.717) is 25.4 Å². The highest BCUT2D eigenvalue weighted by Gasteiger charge is 2.06. The second kappa shape index (κ2) is 9.20. The van der Waals surface area contributed by atoms with Crippen molar-refractivity contribution >= 4 is 6.03 Å². The highest BCUT2D eigenvalue weighted by molar-refractivity contribution is 5.73. The van der Waals surface area contributed by atoms with E-state index in [2.05, 4.69) is 17.6 Å². The zero-order valence-electron chi connectivity index (χ0n) is 12.2. The van der Waals surface area contributed by atoms with Gasteiger partial charge in [-0.25, -0.2) is 4.79 Å². The molecule has 0 saturated carbocycles. The minimum atomic E-state index is -0.180. The first kappa shape index (κ1) is 16.3. The smallest absolute Gasteiger partial charge is 0.314 e. The Kier molecular flexibility index (Phi) is 7.50. The number of amides is 2. The molecule has 0 fully saturated rings. The van der Waals surface area contributed by atoms with E-state index in [1.165, 1.54) is 5.56 Å². The van der Waals surface area contributed by atoms with Crippen molar-refractivity contribution in [1.82, 2.24) is 10.6 Å². The summed E-state index contributed by atoms with van der Waals surface area (Å²) in [4.78, 5) is 11.4. The maximum atomic E-state index is 11.4. The Labute approximate surface area is 120 Å². The van der Waals surface area contributed by atoms with Crippen LogP contribution in [0.3, 0.4) is 0 Å². The summed E-state index contributed by atoms with van der Waals surface area (Å²) in [5.41, 5.74) is 1.23. The molecule has 0 aromatic heterocycles. The first-order valence-electron chi connectivity index (χ1n) is 6.94. The molecule has 0 aliphatic rings. The van der Waals surface area contributed by atoms with E-state index in [1.807, 2.05) is 24.3 Å². The fourth-order valence-corrected chi connectivity index (χ4v) is 1.84. The van der Waals surface area contributed by atoms with Gasteiger partial charge >= 0.3 is 6.03 Å². The van der Waals surface area contributed by atoms with E-state index in [9.17, 15) is 4.79 Å². The molecule has 0 spiro atoms. The number of urea groups is 1. The van der Waals surface area contributed by atoms with Gasteiger partial charge in [-0.05, 0) is 36.5 Å². The third kappa shape index (κ3) is 5.93. The SMILES string of the molecule is COc1ccc(C(C)CCNC(=O)NCCCO)cc1. The van der Waals surface area contributed by atoms with E-state index < -0.39 is 0 Å². The minimum absolute atomic E-state index is 0.0920. The van der Waals surface area contributed by atoms with Gasteiger partial charge in [0.15, 0.2) is 0 Å². The summed E-state index contributed by atoms with van der Waals surface area (Å²) >= 11 is 0. The van der Waals surface area contributed by atoms with Crippen molar-refractivity contribution in [2.24, 2.45) is 0 Å². The van der Waals surface area contributed by atoms with Crippen LogP contribution in [0.2, 0.25) is 0 Å². The molecule has 1 aromatic rings. The Balaban J connectivity index is 2.25. The minimum Gasteiger partial charge on any atom is -0.497 e. The van der Waals surface area contributed by atoms with Gasteiger partial charge in [0.2, 0.25) is 0 Å². The zero-order valence-corrected chi connectivity index (χ0v) is 12.2. The van der Waals surface area contributed by atoms with Crippen LogP contribution in [0.4, 0.5) is 4.79 Å². The number of carbonyl (C=O) groups excluding carboxylic acids is 1. The number of carbonyl (C=O) groups is 1. The molecule has 5 nitrogen and oxygen atoms in total. The van der Waals surface area contributed by atoms with Gasteiger partial charge in [0.25, 0.3) is 0 Å². The van der Waals surface area contributed by atoms with Gasteiger partial charge in [0, 0.05) is 19.7 Å². The Morgan fingerprint density at radius 3 is 2.50 bits per heavy atom. The van der Waals surface area contributed by atoms with Crippen LogP contribution in [0.15, 0.2) is 24.3 Å². The average molecular weight is 280 g/mol. The normalized spacial score (nSPS) is 11.8. The highest BCUT2D eigenvalue weighted by atomic mass is 16.5. The van der Waals surface area contributed by atoms with Gasteiger partial charge in [0.1, 0.15) is 5.75 Å². The molecule has 1 rings (SSSR count). The number of hydrogen-bond acceptors (Lipinski definition) is 3. The lowest BCUT2D eigenvalue weighted by Crippen LogP contribution is -2.37. The lowest BCUT2D eigenvalue weighted by molar-refractivity contribution is 0.238. The number of benzene rings is 1. The van der Waals surface area contributed by atoms with Crippen molar-refractivity contribution in [3.05, 3.63) is 29.8 Å². The van der Waals surface area contributed by atoms with Gasteiger partial charge in [-0.15, -0.1) is 0 Å². The number of nitrogens with one attached hydrogen (secondary N) is 2. The number of ether oxygens (including phenoxy) is 1. The summed E-state index contributed by atoms with van der Waals surface area (Å²) in [7, 11) is 1.65.